The van der Waals surface area contributed by atoms with Gasteiger partial charge < -0.3 is 10.5 Å². The fourth-order valence-electron chi connectivity index (χ4n) is 1.90. The Morgan fingerprint density at radius 1 is 1.10 bits per heavy atom. The molecule has 2 aromatic carbocycles. The minimum atomic E-state index is -0.712. The molecule has 0 saturated heterocycles. The zero-order valence-corrected chi connectivity index (χ0v) is 10.9. The predicted octanol–water partition coefficient (Wildman–Crippen LogP) is 1.82. The molecule has 0 bridgehead atoms. The van der Waals surface area contributed by atoms with E-state index >= 15 is 0 Å². The maximum atomic E-state index is 11.6. The highest BCUT2D eigenvalue weighted by molar-refractivity contribution is 6.05. The standard InChI is InChI=1S/C15H13NO4/c1-9(17)8-13(18)20-14-11-5-3-2-4-10(11)6-7-12(14)15(16)19/h2-7H,8H2,1H3,(H2,16,19). The van der Waals surface area contributed by atoms with Gasteiger partial charge in [-0.2, -0.15) is 0 Å². The quantitative estimate of drug-likeness (QED) is 0.522. The number of ether oxygens (including phenoxy) is 1. The van der Waals surface area contributed by atoms with E-state index in [9.17, 15) is 14.4 Å². The van der Waals surface area contributed by atoms with E-state index in [0.29, 0.717) is 5.39 Å². The average molecular weight is 271 g/mol. The fourth-order valence-corrected chi connectivity index (χ4v) is 1.90. The number of amides is 1. The summed E-state index contributed by atoms with van der Waals surface area (Å²) in [5.74, 6) is -1.62. The number of benzene rings is 2. The summed E-state index contributed by atoms with van der Waals surface area (Å²) in [6.07, 6.45) is -0.346. The Kier molecular flexibility index (Phi) is 3.79. The third-order valence-electron chi connectivity index (χ3n) is 2.75. The zero-order chi connectivity index (χ0) is 14.7. The highest BCUT2D eigenvalue weighted by Crippen LogP contribution is 2.30. The summed E-state index contributed by atoms with van der Waals surface area (Å²) in [5.41, 5.74) is 5.40. The van der Waals surface area contributed by atoms with E-state index in [0.717, 1.165) is 5.39 Å². The Balaban J connectivity index is 2.52. The van der Waals surface area contributed by atoms with E-state index in [4.69, 9.17) is 10.5 Å². The SMILES string of the molecule is CC(=O)CC(=O)Oc1c(C(N)=O)ccc2ccccc12. The molecule has 20 heavy (non-hydrogen) atoms. The summed E-state index contributed by atoms with van der Waals surface area (Å²) in [4.78, 5) is 34.0. The largest absolute Gasteiger partial charge is 0.425 e. The molecule has 5 nitrogen and oxygen atoms in total. The van der Waals surface area contributed by atoms with Gasteiger partial charge in [-0.3, -0.25) is 14.4 Å². The maximum absolute atomic E-state index is 11.6. The highest BCUT2D eigenvalue weighted by Gasteiger charge is 2.17. The number of rotatable bonds is 4. The third-order valence-corrected chi connectivity index (χ3v) is 2.75. The molecule has 102 valence electrons. The minimum absolute atomic E-state index is 0.0989. The van der Waals surface area contributed by atoms with E-state index in [1.54, 1.807) is 18.2 Å². The monoisotopic (exact) mass is 271 g/mol. The van der Waals surface area contributed by atoms with Crippen molar-refractivity contribution in [3.05, 3.63) is 42.0 Å². The Hall–Kier alpha value is -2.69. The molecule has 2 rings (SSSR count). The van der Waals surface area contributed by atoms with Crippen molar-refractivity contribution in [3.63, 3.8) is 0 Å². The van der Waals surface area contributed by atoms with Crippen molar-refractivity contribution in [2.45, 2.75) is 13.3 Å². The van der Waals surface area contributed by atoms with Crippen LogP contribution in [0.3, 0.4) is 0 Å². The molecule has 0 radical (unpaired) electrons. The lowest BCUT2D eigenvalue weighted by atomic mass is 10.0. The third kappa shape index (κ3) is 2.83. The van der Waals surface area contributed by atoms with Crippen LogP contribution in [0.25, 0.3) is 10.8 Å². The molecule has 0 atom stereocenters. The van der Waals surface area contributed by atoms with Crippen LogP contribution in [0, 0.1) is 0 Å². The van der Waals surface area contributed by atoms with Gasteiger partial charge in [-0.15, -0.1) is 0 Å². The molecule has 0 fully saturated rings. The van der Waals surface area contributed by atoms with Gasteiger partial charge >= 0.3 is 5.97 Å². The fraction of sp³-hybridized carbons (Fsp3) is 0.133. The number of esters is 1. The molecule has 0 spiro atoms. The average Bonchev–Trinajstić information content (AvgIpc) is 2.37. The number of hydrogen-bond donors (Lipinski definition) is 1. The van der Waals surface area contributed by atoms with E-state index in [-0.39, 0.29) is 23.5 Å². The van der Waals surface area contributed by atoms with Gasteiger partial charge in [0.1, 0.15) is 12.2 Å². The summed E-state index contributed by atoms with van der Waals surface area (Å²) in [5, 5.41) is 1.41. The molecule has 0 aliphatic rings. The molecule has 0 aliphatic heterocycles. The lowest BCUT2D eigenvalue weighted by molar-refractivity contribution is -0.137. The van der Waals surface area contributed by atoms with Gasteiger partial charge in [-0.05, 0) is 18.4 Å². The van der Waals surface area contributed by atoms with Crippen molar-refractivity contribution in [1.82, 2.24) is 0 Å². The summed E-state index contributed by atoms with van der Waals surface area (Å²) in [7, 11) is 0. The molecule has 2 aromatic rings. The van der Waals surface area contributed by atoms with Gasteiger partial charge in [0, 0.05) is 5.39 Å². The van der Waals surface area contributed by atoms with E-state index < -0.39 is 11.9 Å². The van der Waals surface area contributed by atoms with Crippen LogP contribution < -0.4 is 10.5 Å². The van der Waals surface area contributed by atoms with Crippen LogP contribution in [0.4, 0.5) is 0 Å². The van der Waals surface area contributed by atoms with Crippen LogP contribution in [-0.4, -0.2) is 17.7 Å². The first-order chi connectivity index (χ1) is 9.49. The number of primary amides is 1. The van der Waals surface area contributed by atoms with Gasteiger partial charge in [-0.25, -0.2) is 0 Å². The van der Waals surface area contributed by atoms with Crippen LogP contribution in [-0.2, 0) is 9.59 Å². The van der Waals surface area contributed by atoms with Gasteiger partial charge in [0.2, 0.25) is 0 Å². The second-order valence-corrected chi connectivity index (χ2v) is 4.38. The van der Waals surface area contributed by atoms with Crippen molar-refractivity contribution in [1.29, 1.82) is 0 Å². The predicted molar refractivity (Wildman–Crippen MR) is 73.4 cm³/mol. The normalized spacial score (nSPS) is 10.2. The molecule has 0 heterocycles. The van der Waals surface area contributed by atoms with E-state index in [2.05, 4.69) is 0 Å². The molecule has 0 saturated carbocycles. The number of Topliss-reactive ketones (excluding diaryl/α,β-unsaturated/α-hetero) is 1. The summed E-state index contributed by atoms with van der Waals surface area (Å²) in [6.45, 7) is 1.29. The number of carbonyl (C=O) groups is 3. The van der Waals surface area contributed by atoms with Crippen molar-refractivity contribution < 1.29 is 19.1 Å². The number of fused-ring (bicyclic) bond motifs is 1. The van der Waals surface area contributed by atoms with Crippen LogP contribution in [0.15, 0.2) is 36.4 Å². The van der Waals surface area contributed by atoms with Gasteiger partial charge in [0.15, 0.2) is 5.75 Å². The maximum Gasteiger partial charge on any atom is 0.318 e. The minimum Gasteiger partial charge on any atom is -0.425 e. The van der Waals surface area contributed by atoms with Gasteiger partial charge in [-0.1, -0.05) is 30.3 Å². The zero-order valence-electron chi connectivity index (χ0n) is 10.9. The summed E-state index contributed by atoms with van der Waals surface area (Å²) < 4.78 is 5.17. The molecule has 2 N–H and O–H groups in total. The van der Waals surface area contributed by atoms with Crippen molar-refractivity contribution in [3.8, 4) is 5.75 Å². The van der Waals surface area contributed by atoms with Crippen LogP contribution in [0.1, 0.15) is 23.7 Å². The van der Waals surface area contributed by atoms with Crippen molar-refractivity contribution >= 4 is 28.4 Å². The van der Waals surface area contributed by atoms with Crippen molar-refractivity contribution in [2.75, 3.05) is 0 Å². The van der Waals surface area contributed by atoms with Crippen LogP contribution in [0.2, 0.25) is 0 Å². The Morgan fingerprint density at radius 2 is 1.80 bits per heavy atom. The lowest BCUT2D eigenvalue weighted by Crippen LogP contribution is -2.17. The van der Waals surface area contributed by atoms with Gasteiger partial charge in [0.25, 0.3) is 5.91 Å². The lowest BCUT2D eigenvalue weighted by Gasteiger charge is -2.10. The van der Waals surface area contributed by atoms with Crippen LogP contribution >= 0.6 is 0 Å². The first kappa shape index (κ1) is 13.7. The Bertz CT molecular complexity index is 706. The molecule has 1 amide bonds. The summed E-state index contributed by atoms with van der Waals surface area (Å²) in [6, 6.07) is 10.3. The number of hydrogen-bond acceptors (Lipinski definition) is 4. The highest BCUT2D eigenvalue weighted by atomic mass is 16.5. The number of carbonyl (C=O) groups excluding carboxylic acids is 3. The second kappa shape index (κ2) is 5.52. The molecular formula is C15H13NO4. The first-order valence-electron chi connectivity index (χ1n) is 6.00. The van der Waals surface area contributed by atoms with Crippen molar-refractivity contribution in [2.24, 2.45) is 5.73 Å². The molecule has 0 unspecified atom stereocenters. The first-order valence-corrected chi connectivity index (χ1v) is 6.00. The Labute approximate surface area is 115 Å². The number of ketones is 1. The molecule has 0 aromatic heterocycles. The smallest absolute Gasteiger partial charge is 0.318 e. The molecule has 5 heteroatoms. The summed E-state index contributed by atoms with van der Waals surface area (Å²) >= 11 is 0. The van der Waals surface area contributed by atoms with Gasteiger partial charge in [0.05, 0.1) is 5.56 Å². The topological polar surface area (TPSA) is 86.5 Å². The second-order valence-electron chi connectivity index (χ2n) is 4.38. The van der Waals surface area contributed by atoms with E-state index in [1.807, 2.05) is 12.1 Å². The van der Waals surface area contributed by atoms with E-state index in [1.165, 1.54) is 13.0 Å². The van der Waals surface area contributed by atoms with Crippen LogP contribution in [0.5, 0.6) is 5.75 Å². The molecule has 0 aliphatic carbocycles. The number of nitrogens with two attached hydrogens (primary N) is 1. The molecular weight excluding hydrogens is 258 g/mol. The Morgan fingerprint density at radius 3 is 2.45 bits per heavy atom.